The minimum Gasteiger partial charge on any atom is -0.543 e. The van der Waals surface area contributed by atoms with E-state index in [0.717, 1.165) is 12.2 Å². The van der Waals surface area contributed by atoms with Crippen LogP contribution in [0, 0.1) is 0 Å². The van der Waals surface area contributed by atoms with Gasteiger partial charge in [0, 0.05) is 11.1 Å². The lowest BCUT2D eigenvalue weighted by Crippen LogP contribution is -2.34. The Kier molecular flexibility index (Phi) is 4.40. The van der Waals surface area contributed by atoms with Crippen LogP contribution in [-0.2, 0) is 6.42 Å². The van der Waals surface area contributed by atoms with Crippen molar-refractivity contribution < 1.29 is 4.43 Å². The van der Waals surface area contributed by atoms with E-state index in [0.29, 0.717) is 0 Å². The number of benzene rings is 2. The molecule has 2 nitrogen and oxygen atoms in total. The van der Waals surface area contributed by atoms with Gasteiger partial charge in [-0.1, -0.05) is 44.2 Å². The highest BCUT2D eigenvalue weighted by atomic mass is 28.4. The first kappa shape index (κ1) is 19.8. The second-order valence-corrected chi connectivity index (χ2v) is 19.4. The van der Waals surface area contributed by atoms with Gasteiger partial charge in [0.1, 0.15) is 13.8 Å². The molecule has 0 spiro atoms. The van der Waals surface area contributed by atoms with Gasteiger partial charge in [-0.3, -0.25) is 0 Å². The number of hydrogen-bond donors (Lipinski definition) is 1. The zero-order valence-corrected chi connectivity index (χ0v) is 20.8. The Balaban J connectivity index is 2.02. The van der Waals surface area contributed by atoms with Crippen molar-refractivity contribution in [2.45, 2.75) is 78.3 Å². The summed E-state index contributed by atoms with van der Waals surface area (Å²) >= 11 is 0. The maximum absolute atomic E-state index is 6.86. The van der Waals surface area contributed by atoms with E-state index in [-0.39, 0.29) is 5.54 Å². The van der Waals surface area contributed by atoms with Crippen LogP contribution in [0.5, 0.6) is 5.75 Å². The highest BCUT2D eigenvalue weighted by Crippen LogP contribution is 2.50. The Labute approximate surface area is 172 Å². The summed E-state index contributed by atoms with van der Waals surface area (Å²) in [6, 6.07) is 10.3. The average Bonchev–Trinajstić information content (AvgIpc) is 2.97. The van der Waals surface area contributed by atoms with Crippen molar-refractivity contribution in [2.75, 3.05) is 5.32 Å². The first-order valence-electron chi connectivity index (χ1n) is 10.8. The summed E-state index contributed by atoms with van der Waals surface area (Å²) in [6.45, 7) is 18.6. The van der Waals surface area contributed by atoms with Crippen LogP contribution >= 0.6 is 0 Å². The molecule has 150 valence electrons. The molecule has 4 rings (SSSR count). The largest absolute Gasteiger partial charge is 0.543 e. The molecule has 0 fully saturated rings. The zero-order valence-electron chi connectivity index (χ0n) is 18.8. The summed E-state index contributed by atoms with van der Waals surface area (Å²) in [5.41, 5.74) is 7.19. The lowest BCUT2D eigenvalue weighted by Gasteiger charge is -2.29. The Morgan fingerprint density at radius 3 is 2.39 bits per heavy atom. The molecule has 1 aliphatic carbocycles. The average molecular weight is 410 g/mol. The number of anilines is 1. The molecular formula is C24H35NOSi2. The Morgan fingerprint density at radius 1 is 1.11 bits per heavy atom. The van der Waals surface area contributed by atoms with Gasteiger partial charge < -0.3 is 9.74 Å². The van der Waals surface area contributed by atoms with Crippen LogP contribution in [0.25, 0.3) is 11.1 Å². The standard InChI is InChI=1S/C24H35NOSi2/c1-9-14-28(8)22-18-15-16-12-10-11-13-17(16)19(18)21(26-27(5,6)7)20(23(22)28)25-24(2,3)4/h10-13,25H,9,14-15H2,1-8H3. The van der Waals surface area contributed by atoms with Crippen LogP contribution in [0.1, 0.15) is 45.2 Å². The third kappa shape index (κ3) is 3.15. The number of hydrogen-bond acceptors (Lipinski definition) is 2. The van der Waals surface area contributed by atoms with E-state index >= 15 is 0 Å². The molecule has 28 heavy (non-hydrogen) atoms. The Bertz CT molecular complexity index is 953. The second-order valence-electron chi connectivity index (χ2n) is 10.8. The number of nitrogens with one attached hydrogen (secondary N) is 1. The normalized spacial score (nSPS) is 19.7. The molecule has 1 aliphatic heterocycles. The summed E-state index contributed by atoms with van der Waals surface area (Å²) in [7, 11) is -3.28. The van der Waals surface area contributed by atoms with Crippen LogP contribution in [0.3, 0.4) is 0 Å². The molecule has 1 unspecified atom stereocenters. The van der Waals surface area contributed by atoms with E-state index in [1.807, 2.05) is 0 Å². The van der Waals surface area contributed by atoms with Crippen LogP contribution in [-0.4, -0.2) is 21.9 Å². The van der Waals surface area contributed by atoms with Crippen molar-refractivity contribution in [2.24, 2.45) is 0 Å². The van der Waals surface area contributed by atoms with Crippen LogP contribution in [0.4, 0.5) is 5.69 Å². The van der Waals surface area contributed by atoms with Gasteiger partial charge in [0.2, 0.25) is 8.32 Å². The molecule has 0 aromatic heterocycles. The van der Waals surface area contributed by atoms with Gasteiger partial charge in [-0.05, 0) is 79.9 Å². The van der Waals surface area contributed by atoms with Gasteiger partial charge in [0.05, 0.1) is 5.69 Å². The minimum absolute atomic E-state index is 0.0157. The molecule has 0 saturated carbocycles. The highest BCUT2D eigenvalue weighted by Gasteiger charge is 2.55. The molecular weight excluding hydrogens is 374 g/mol. The third-order valence-corrected chi connectivity index (χ3v) is 11.2. The van der Waals surface area contributed by atoms with Crippen LogP contribution in [0.15, 0.2) is 24.3 Å². The number of rotatable bonds is 5. The molecule has 2 aromatic carbocycles. The predicted molar refractivity (Wildman–Crippen MR) is 128 cm³/mol. The van der Waals surface area contributed by atoms with Crippen molar-refractivity contribution in [1.82, 2.24) is 0 Å². The molecule has 2 aliphatic rings. The van der Waals surface area contributed by atoms with Crippen molar-refractivity contribution in [3.05, 3.63) is 35.4 Å². The molecule has 1 atom stereocenters. The summed E-state index contributed by atoms with van der Waals surface area (Å²) < 4.78 is 6.86. The molecule has 0 amide bonds. The van der Waals surface area contributed by atoms with E-state index in [4.69, 9.17) is 4.43 Å². The fraction of sp³-hybridized carbons (Fsp3) is 0.500. The quantitative estimate of drug-likeness (QED) is 0.554. The summed E-state index contributed by atoms with van der Waals surface area (Å²) in [4.78, 5) is 0. The summed E-state index contributed by atoms with van der Waals surface area (Å²) in [5, 5.41) is 7.29. The summed E-state index contributed by atoms with van der Waals surface area (Å²) in [5.74, 6) is 1.15. The van der Waals surface area contributed by atoms with Crippen LogP contribution < -0.4 is 20.1 Å². The Morgan fingerprint density at radius 2 is 1.79 bits per heavy atom. The maximum atomic E-state index is 6.86. The van der Waals surface area contributed by atoms with Gasteiger partial charge in [0.15, 0.2) is 0 Å². The van der Waals surface area contributed by atoms with Crippen molar-refractivity contribution in [3.8, 4) is 16.9 Å². The van der Waals surface area contributed by atoms with Gasteiger partial charge in [-0.2, -0.15) is 0 Å². The first-order chi connectivity index (χ1) is 13.0. The van der Waals surface area contributed by atoms with Gasteiger partial charge in [0.25, 0.3) is 0 Å². The smallest absolute Gasteiger partial charge is 0.242 e. The fourth-order valence-corrected chi connectivity index (χ4v) is 10.7. The summed E-state index contributed by atoms with van der Waals surface area (Å²) in [6.07, 6.45) is 2.34. The van der Waals surface area contributed by atoms with E-state index in [1.54, 1.807) is 15.9 Å². The van der Waals surface area contributed by atoms with Crippen LogP contribution in [0.2, 0.25) is 32.2 Å². The lowest BCUT2D eigenvalue weighted by atomic mass is 10.0. The second kappa shape index (κ2) is 6.23. The van der Waals surface area contributed by atoms with Crippen molar-refractivity contribution in [1.29, 1.82) is 0 Å². The van der Waals surface area contributed by atoms with E-state index in [1.165, 1.54) is 34.8 Å². The molecule has 1 N–H and O–H groups in total. The van der Waals surface area contributed by atoms with Gasteiger partial charge in [-0.15, -0.1) is 0 Å². The highest BCUT2D eigenvalue weighted by molar-refractivity contribution is 7.18. The molecule has 4 heteroatoms. The predicted octanol–water partition coefficient (Wildman–Crippen LogP) is 5.60. The van der Waals surface area contributed by atoms with Crippen molar-refractivity contribution >= 4 is 32.5 Å². The first-order valence-corrected chi connectivity index (χ1v) is 16.9. The molecule has 0 bridgehead atoms. The topological polar surface area (TPSA) is 21.3 Å². The number of fused-ring (bicyclic) bond motifs is 5. The van der Waals surface area contributed by atoms with Gasteiger partial charge >= 0.3 is 0 Å². The van der Waals surface area contributed by atoms with Crippen molar-refractivity contribution in [3.63, 3.8) is 0 Å². The zero-order chi connectivity index (χ0) is 20.5. The van der Waals surface area contributed by atoms with E-state index in [9.17, 15) is 0 Å². The minimum atomic E-state index is -1.76. The maximum Gasteiger partial charge on any atom is 0.242 e. The fourth-order valence-electron chi connectivity index (χ4n) is 5.02. The van der Waals surface area contributed by atoms with E-state index in [2.05, 4.69) is 83.5 Å². The lowest BCUT2D eigenvalue weighted by molar-refractivity contribution is 0.555. The Hall–Kier alpha value is -1.53. The molecule has 2 aromatic rings. The monoisotopic (exact) mass is 409 g/mol. The van der Waals surface area contributed by atoms with E-state index < -0.39 is 16.4 Å². The molecule has 1 heterocycles. The third-order valence-electron chi connectivity index (χ3n) is 5.91. The SMILES string of the molecule is CCC[Si]1(C)c2c3c(c(O[Si](C)(C)C)c(NC(C)(C)C)c21)-c1ccccc1C3. The molecule has 0 saturated heterocycles. The van der Waals surface area contributed by atoms with Gasteiger partial charge in [-0.25, -0.2) is 0 Å². The molecule has 0 radical (unpaired) electrons.